The van der Waals surface area contributed by atoms with Crippen LogP contribution < -0.4 is 5.32 Å². The van der Waals surface area contributed by atoms with Crippen LogP contribution in [0.2, 0.25) is 0 Å². The molecule has 0 aromatic heterocycles. The van der Waals surface area contributed by atoms with Gasteiger partial charge < -0.3 is 5.32 Å². The molecule has 1 atom stereocenters. The van der Waals surface area contributed by atoms with Gasteiger partial charge in [-0.1, -0.05) is 42.5 Å². The first kappa shape index (κ1) is 11.0. The van der Waals surface area contributed by atoms with Gasteiger partial charge in [-0.2, -0.15) is 0 Å². The molecule has 90 valence electrons. The molecule has 1 unspecified atom stereocenters. The zero-order chi connectivity index (χ0) is 12.4. The SMILES string of the molecule is O=C1c2ccccc2CCC1Nc1ccccc1. The van der Waals surface area contributed by atoms with Gasteiger partial charge in [0.05, 0.1) is 6.04 Å². The number of benzene rings is 2. The van der Waals surface area contributed by atoms with E-state index in [1.807, 2.05) is 54.6 Å². The zero-order valence-electron chi connectivity index (χ0n) is 10.1. The maximum absolute atomic E-state index is 12.4. The highest BCUT2D eigenvalue weighted by Crippen LogP contribution is 2.23. The molecule has 0 saturated heterocycles. The van der Waals surface area contributed by atoms with E-state index in [1.165, 1.54) is 5.56 Å². The molecule has 18 heavy (non-hydrogen) atoms. The van der Waals surface area contributed by atoms with Gasteiger partial charge in [-0.15, -0.1) is 0 Å². The van der Waals surface area contributed by atoms with Crippen molar-refractivity contribution >= 4 is 11.5 Å². The summed E-state index contributed by atoms with van der Waals surface area (Å²) >= 11 is 0. The van der Waals surface area contributed by atoms with Gasteiger partial charge in [0.15, 0.2) is 5.78 Å². The minimum absolute atomic E-state index is 0.0951. The number of aryl methyl sites for hydroxylation is 1. The molecule has 2 aromatic carbocycles. The van der Waals surface area contributed by atoms with E-state index < -0.39 is 0 Å². The summed E-state index contributed by atoms with van der Waals surface area (Å²) in [6, 6.07) is 17.7. The van der Waals surface area contributed by atoms with Crippen LogP contribution in [0.4, 0.5) is 5.69 Å². The predicted molar refractivity (Wildman–Crippen MR) is 72.9 cm³/mol. The predicted octanol–water partition coefficient (Wildman–Crippen LogP) is 3.30. The molecule has 1 aliphatic carbocycles. The lowest BCUT2D eigenvalue weighted by atomic mass is 9.87. The Bertz CT molecular complexity index is 562. The number of anilines is 1. The molecule has 2 nitrogen and oxygen atoms in total. The number of rotatable bonds is 2. The quantitative estimate of drug-likeness (QED) is 0.868. The smallest absolute Gasteiger partial charge is 0.185 e. The normalized spacial score (nSPS) is 18.2. The summed E-state index contributed by atoms with van der Waals surface area (Å²) in [5, 5.41) is 3.32. The van der Waals surface area contributed by atoms with Crippen molar-refractivity contribution in [1.82, 2.24) is 0 Å². The molecule has 0 aliphatic heterocycles. The van der Waals surface area contributed by atoms with E-state index in [2.05, 4.69) is 5.32 Å². The molecule has 0 saturated carbocycles. The fourth-order valence-electron chi connectivity index (χ4n) is 2.47. The van der Waals surface area contributed by atoms with Gasteiger partial charge in [-0.3, -0.25) is 4.79 Å². The first-order valence-electron chi connectivity index (χ1n) is 6.28. The molecule has 2 aromatic rings. The highest BCUT2D eigenvalue weighted by molar-refractivity contribution is 6.03. The third kappa shape index (κ3) is 2.02. The number of Topliss-reactive ketones (excluding diaryl/α,β-unsaturated/α-hetero) is 1. The summed E-state index contributed by atoms with van der Waals surface area (Å²) < 4.78 is 0. The summed E-state index contributed by atoms with van der Waals surface area (Å²) in [7, 11) is 0. The Morgan fingerprint density at radius 1 is 0.944 bits per heavy atom. The second-order valence-electron chi connectivity index (χ2n) is 4.62. The van der Waals surface area contributed by atoms with Gasteiger partial charge >= 0.3 is 0 Å². The maximum atomic E-state index is 12.4. The van der Waals surface area contributed by atoms with Crippen molar-refractivity contribution in [2.75, 3.05) is 5.32 Å². The van der Waals surface area contributed by atoms with Crippen LogP contribution in [0, 0.1) is 0 Å². The number of carbonyl (C=O) groups is 1. The Morgan fingerprint density at radius 2 is 1.67 bits per heavy atom. The van der Waals surface area contributed by atoms with Crippen molar-refractivity contribution in [2.45, 2.75) is 18.9 Å². The molecule has 0 fully saturated rings. The van der Waals surface area contributed by atoms with Crippen LogP contribution in [0.25, 0.3) is 0 Å². The second kappa shape index (κ2) is 4.65. The Kier molecular flexibility index (Phi) is 2.85. The Morgan fingerprint density at radius 3 is 2.50 bits per heavy atom. The Balaban J connectivity index is 1.83. The van der Waals surface area contributed by atoms with Gasteiger partial charge in [-0.25, -0.2) is 0 Å². The number of nitrogens with one attached hydrogen (secondary N) is 1. The van der Waals surface area contributed by atoms with Crippen LogP contribution in [0.15, 0.2) is 54.6 Å². The van der Waals surface area contributed by atoms with E-state index in [4.69, 9.17) is 0 Å². The summed E-state index contributed by atoms with van der Waals surface area (Å²) in [5.41, 5.74) is 3.06. The molecule has 1 N–H and O–H groups in total. The van der Waals surface area contributed by atoms with Crippen LogP contribution in [0.1, 0.15) is 22.3 Å². The zero-order valence-corrected chi connectivity index (χ0v) is 10.1. The van der Waals surface area contributed by atoms with E-state index in [9.17, 15) is 4.79 Å². The summed E-state index contributed by atoms with van der Waals surface area (Å²) in [5.74, 6) is 0.209. The summed E-state index contributed by atoms with van der Waals surface area (Å²) in [6.45, 7) is 0. The van der Waals surface area contributed by atoms with Gasteiger partial charge in [0.2, 0.25) is 0 Å². The fraction of sp³-hybridized carbons (Fsp3) is 0.188. The van der Waals surface area contributed by atoms with Crippen molar-refractivity contribution in [3.63, 3.8) is 0 Å². The molecule has 3 rings (SSSR count). The van der Waals surface area contributed by atoms with Crippen LogP contribution in [-0.2, 0) is 6.42 Å². The third-order valence-electron chi connectivity index (χ3n) is 3.42. The molecular formula is C16H15NO. The monoisotopic (exact) mass is 237 g/mol. The number of ketones is 1. The molecule has 0 spiro atoms. The third-order valence-corrected chi connectivity index (χ3v) is 3.42. The van der Waals surface area contributed by atoms with Crippen LogP contribution in [0.3, 0.4) is 0 Å². The van der Waals surface area contributed by atoms with E-state index >= 15 is 0 Å². The molecule has 0 amide bonds. The standard InChI is InChI=1S/C16H15NO/c18-16-14-9-5-4-6-12(14)10-11-15(16)17-13-7-2-1-3-8-13/h1-9,15,17H,10-11H2. The van der Waals surface area contributed by atoms with Gasteiger partial charge in [0.1, 0.15) is 0 Å². The minimum atomic E-state index is -0.0951. The number of para-hydroxylation sites is 1. The van der Waals surface area contributed by atoms with Gasteiger partial charge in [0, 0.05) is 11.3 Å². The second-order valence-corrected chi connectivity index (χ2v) is 4.62. The minimum Gasteiger partial charge on any atom is -0.375 e. The molecular weight excluding hydrogens is 222 g/mol. The van der Waals surface area contributed by atoms with Crippen molar-refractivity contribution < 1.29 is 4.79 Å². The molecule has 2 heteroatoms. The number of fused-ring (bicyclic) bond motifs is 1. The molecule has 0 heterocycles. The van der Waals surface area contributed by atoms with E-state index in [0.29, 0.717) is 0 Å². The maximum Gasteiger partial charge on any atom is 0.185 e. The molecule has 0 radical (unpaired) electrons. The summed E-state index contributed by atoms with van der Waals surface area (Å²) in [4.78, 5) is 12.4. The molecule has 0 bridgehead atoms. The average Bonchev–Trinajstić information content (AvgIpc) is 2.43. The van der Waals surface area contributed by atoms with Gasteiger partial charge in [0.25, 0.3) is 0 Å². The summed E-state index contributed by atoms with van der Waals surface area (Å²) in [6.07, 6.45) is 1.83. The van der Waals surface area contributed by atoms with Crippen molar-refractivity contribution in [3.8, 4) is 0 Å². The fourth-order valence-corrected chi connectivity index (χ4v) is 2.47. The molecule has 1 aliphatic rings. The average molecular weight is 237 g/mol. The number of hydrogen-bond acceptors (Lipinski definition) is 2. The van der Waals surface area contributed by atoms with Crippen molar-refractivity contribution in [2.24, 2.45) is 0 Å². The van der Waals surface area contributed by atoms with Gasteiger partial charge in [-0.05, 0) is 30.5 Å². The lowest BCUT2D eigenvalue weighted by molar-refractivity contribution is 0.0957. The van der Waals surface area contributed by atoms with Crippen molar-refractivity contribution in [3.05, 3.63) is 65.7 Å². The van der Waals surface area contributed by atoms with Crippen LogP contribution >= 0.6 is 0 Å². The van der Waals surface area contributed by atoms with E-state index in [-0.39, 0.29) is 11.8 Å². The highest BCUT2D eigenvalue weighted by atomic mass is 16.1. The largest absolute Gasteiger partial charge is 0.375 e. The van der Waals surface area contributed by atoms with E-state index in [1.54, 1.807) is 0 Å². The highest BCUT2D eigenvalue weighted by Gasteiger charge is 2.26. The number of hydrogen-bond donors (Lipinski definition) is 1. The number of carbonyl (C=O) groups excluding carboxylic acids is 1. The Hall–Kier alpha value is -2.09. The van der Waals surface area contributed by atoms with Crippen LogP contribution in [0.5, 0.6) is 0 Å². The lowest BCUT2D eigenvalue weighted by Gasteiger charge is -2.24. The van der Waals surface area contributed by atoms with Crippen LogP contribution in [-0.4, -0.2) is 11.8 Å². The topological polar surface area (TPSA) is 29.1 Å². The van der Waals surface area contributed by atoms with E-state index in [0.717, 1.165) is 24.1 Å². The van der Waals surface area contributed by atoms with Crippen molar-refractivity contribution in [1.29, 1.82) is 0 Å². The Labute approximate surface area is 107 Å². The first-order valence-corrected chi connectivity index (χ1v) is 6.28. The lowest BCUT2D eigenvalue weighted by Crippen LogP contribution is -2.34. The first-order chi connectivity index (χ1) is 8.84.